The lowest BCUT2D eigenvalue weighted by atomic mass is 9.78. The second-order valence-electron chi connectivity index (χ2n) is 8.80. The maximum atomic E-state index is 12.6. The van der Waals surface area contributed by atoms with Crippen molar-refractivity contribution in [3.63, 3.8) is 0 Å². The van der Waals surface area contributed by atoms with Crippen LogP contribution in [0.2, 0.25) is 0 Å². The molecule has 5 nitrogen and oxygen atoms in total. The second-order valence-corrected chi connectivity index (χ2v) is 8.80. The number of carboxylic acids is 1. The Balaban J connectivity index is 2.45. The van der Waals surface area contributed by atoms with Crippen molar-refractivity contribution in [1.82, 2.24) is 0 Å². The first-order valence-corrected chi connectivity index (χ1v) is 10.6. The van der Waals surface area contributed by atoms with E-state index < -0.39 is 12.1 Å². The fourth-order valence-electron chi connectivity index (χ4n) is 4.17. The quantitative estimate of drug-likeness (QED) is 0.430. The van der Waals surface area contributed by atoms with Gasteiger partial charge in [-0.3, -0.25) is 14.4 Å². The van der Waals surface area contributed by atoms with Gasteiger partial charge in [-0.2, -0.15) is 0 Å². The summed E-state index contributed by atoms with van der Waals surface area (Å²) in [7, 11) is 0. The molecule has 156 valence electrons. The molecule has 1 aliphatic rings. The zero-order valence-corrected chi connectivity index (χ0v) is 17.3. The van der Waals surface area contributed by atoms with Gasteiger partial charge in [0.05, 0.1) is 6.10 Å². The molecule has 0 unspecified atom stereocenters. The molecule has 0 aromatic heterocycles. The van der Waals surface area contributed by atoms with Gasteiger partial charge in [-0.05, 0) is 31.6 Å². The van der Waals surface area contributed by atoms with Gasteiger partial charge >= 0.3 is 5.97 Å². The van der Waals surface area contributed by atoms with Crippen molar-refractivity contribution in [3.8, 4) is 0 Å². The highest BCUT2D eigenvalue weighted by Crippen LogP contribution is 2.37. The smallest absolute Gasteiger partial charge is 0.303 e. The Labute approximate surface area is 163 Å². The van der Waals surface area contributed by atoms with Gasteiger partial charge in [0.25, 0.3) is 0 Å². The number of hydrogen-bond donors (Lipinski definition) is 2. The van der Waals surface area contributed by atoms with Crippen LogP contribution in [-0.4, -0.2) is 33.9 Å². The Bertz CT molecular complexity index is 497. The molecule has 0 amide bonds. The molecule has 1 fully saturated rings. The summed E-state index contributed by atoms with van der Waals surface area (Å²) >= 11 is 0. The maximum Gasteiger partial charge on any atom is 0.303 e. The number of aliphatic carboxylic acids is 1. The highest BCUT2D eigenvalue weighted by molar-refractivity contribution is 5.85. The van der Waals surface area contributed by atoms with E-state index in [4.69, 9.17) is 5.11 Å². The molecule has 1 rings (SSSR count). The van der Waals surface area contributed by atoms with E-state index in [1.54, 1.807) is 0 Å². The fraction of sp³-hybridized carbons (Fsp3) is 0.864. The third-order valence-corrected chi connectivity index (χ3v) is 6.11. The van der Waals surface area contributed by atoms with Crippen LogP contribution in [0.4, 0.5) is 0 Å². The highest BCUT2D eigenvalue weighted by atomic mass is 16.4. The molecular weight excluding hydrogens is 344 g/mol. The highest BCUT2D eigenvalue weighted by Gasteiger charge is 2.41. The predicted molar refractivity (Wildman–Crippen MR) is 105 cm³/mol. The molecule has 27 heavy (non-hydrogen) atoms. The van der Waals surface area contributed by atoms with Crippen LogP contribution in [0.25, 0.3) is 0 Å². The van der Waals surface area contributed by atoms with Gasteiger partial charge in [-0.1, -0.05) is 52.9 Å². The van der Waals surface area contributed by atoms with Crippen LogP contribution in [0.1, 0.15) is 97.8 Å². The van der Waals surface area contributed by atoms with Crippen molar-refractivity contribution < 1.29 is 24.6 Å². The summed E-state index contributed by atoms with van der Waals surface area (Å²) in [6.07, 6.45) is 7.82. The lowest BCUT2D eigenvalue weighted by molar-refractivity contribution is -0.137. The Morgan fingerprint density at radius 3 is 2.33 bits per heavy atom. The Hall–Kier alpha value is -1.23. The number of hydrogen-bond acceptors (Lipinski definition) is 4. The molecule has 0 aliphatic heterocycles. The molecule has 0 radical (unpaired) electrons. The Kier molecular flexibility index (Phi) is 10.2. The molecule has 0 aromatic rings. The van der Waals surface area contributed by atoms with Gasteiger partial charge in [-0.25, -0.2) is 0 Å². The Morgan fingerprint density at radius 2 is 1.70 bits per heavy atom. The topological polar surface area (TPSA) is 91.7 Å². The van der Waals surface area contributed by atoms with Crippen molar-refractivity contribution >= 4 is 17.5 Å². The summed E-state index contributed by atoms with van der Waals surface area (Å²) < 4.78 is 0. The van der Waals surface area contributed by atoms with E-state index in [-0.39, 0.29) is 41.7 Å². The average molecular weight is 383 g/mol. The first-order valence-electron chi connectivity index (χ1n) is 10.6. The van der Waals surface area contributed by atoms with Gasteiger partial charge in [-0.15, -0.1) is 0 Å². The number of carboxylic acid groups (broad SMARTS) is 1. The molecule has 0 bridgehead atoms. The zero-order chi connectivity index (χ0) is 20.4. The number of carbonyl (C=O) groups excluding carboxylic acids is 2. The van der Waals surface area contributed by atoms with Crippen LogP contribution in [0.15, 0.2) is 0 Å². The van der Waals surface area contributed by atoms with Gasteiger partial charge in [0.1, 0.15) is 11.6 Å². The molecular formula is C22H38O5. The molecule has 0 spiro atoms. The molecule has 0 heterocycles. The third kappa shape index (κ3) is 8.12. The van der Waals surface area contributed by atoms with Gasteiger partial charge in [0.2, 0.25) is 0 Å². The van der Waals surface area contributed by atoms with E-state index in [0.29, 0.717) is 19.3 Å². The third-order valence-electron chi connectivity index (χ3n) is 6.11. The minimum Gasteiger partial charge on any atom is -0.481 e. The van der Waals surface area contributed by atoms with E-state index in [9.17, 15) is 19.5 Å². The summed E-state index contributed by atoms with van der Waals surface area (Å²) in [6, 6.07) is 0. The van der Waals surface area contributed by atoms with E-state index >= 15 is 0 Å². The molecule has 0 saturated heterocycles. The summed E-state index contributed by atoms with van der Waals surface area (Å²) in [6.45, 7) is 6.11. The van der Waals surface area contributed by atoms with Crippen molar-refractivity contribution in [2.45, 2.75) is 104 Å². The van der Waals surface area contributed by atoms with Crippen molar-refractivity contribution in [1.29, 1.82) is 0 Å². The van der Waals surface area contributed by atoms with E-state index in [1.165, 1.54) is 0 Å². The van der Waals surface area contributed by atoms with E-state index in [2.05, 4.69) is 6.92 Å². The number of aliphatic hydroxyl groups is 1. The van der Waals surface area contributed by atoms with Crippen molar-refractivity contribution in [2.24, 2.45) is 17.3 Å². The number of ketones is 2. The molecule has 1 aliphatic carbocycles. The van der Waals surface area contributed by atoms with Gasteiger partial charge < -0.3 is 10.2 Å². The average Bonchev–Trinajstić information content (AvgIpc) is 2.86. The van der Waals surface area contributed by atoms with E-state index in [0.717, 1.165) is 44.9 Å². The SMILES string of the molecule is CCCCC(C)(C)C(=O)CC[C@H]1[C@H](O)CC(=O)[C@@H]1CCCCCCC(=O)O. The first kappa shape index (κ1) is 23.8. The molecule has 0 aromatic carbocycles. The molecule has 2 N–H and O–H groups in total. The largest absolute Gasteiger partial charge is 0.481 e. The van der Waals surface area contributed by atoms with Crippen molar-refractivity contribution in [3.05, 3.63) is 0 Å². The maximum absolute atomic E-state index is 12.6. The molecule has 3 atom stereocenters. The Morgan fingerprint density at radius 1 is 1.04 bits per heavy atom. The summed E-state index contributed by atoms with van der Waals surface area (Å²) in [5, 5.41) is 18.9. The van der Waals surface area contributed by atoms with Crippen LogP contribution in [0.3, 0.4) is 0 Å². The second kappa shape index (κ2) is 11.6. The number of unbranched alkanes of at least 4 members (excludes halogenated alkanes) is 4. The van der Waals surface area contributed by atoms with Crippen LogP contribution < -0.4 is 0 Å². The van der Waals surface area contributed by atoms with Crippen LogP contribution in [-0.2, 0) is 14.4 Å². The minimum atomic E-state index is -0.768. The lowest BCUT2D eigenvalue weighted by Crippen LogP contribution is -2.27. The van der Waals surface area contributed by atoms with Crippen LogP contribution in [0, 0.1) is 17.3 Å². The van der Waals surface area contributed by atoms with Crippen LogP contribution in [0.5, 0.6) is 0 Å². The van der Waals surface area contributed by atoms with Gasteiger partial charge in [0, 0.05) is 30.6 Å². The predicted octanol–water partition coefficient (Wildman–Crippen LogP) is 4.54. The lowest BCUT2D eigenvalue weighted by Gasteiger charge is -2.25. The number of Topliss-reactive ketones (excluding diaryl/α,β-unsaturated/α-hetero) is 2. The zero-order valence-electron chi connectivity index (χ0n) is 17.3. The van der Waals surface area contributed by atoms with Gasteiger partial charge in [0.15, 0.2) is 0 Å². The molecule has 5 heteroatoms. The summed E-state index contributed by atoms with van der Waals surface area (Å²) in [5.41, 5.74) is -0.330. The minimum absolute atomic E-state index is 0.109. The monoisotopic (exact) mass is 382 g/mol. The molecule has 1 saturated carbocycles. The normalized spacial score (nSPS) is 23.0. The van der Waals surface area contributed by atoms with E-state index in [1.807, 2.05) is 13.8 Å². The van der Waals surface area contributed by atoms with Crippen molar-refractivity contribution in [2.75, 3.05) is 0 Å². The summed E-state index contributed by atoms with van der Waals surface area (Å²) in [4.78, 5) is 35.4. The number of rotatable bonds is 14. The number of carbonyl (C=O) groups is 3. The van der Waals surface area contributed by atoms with Crippen LogP contribution >= 0.6 is 0 Å². The number of aliphatic hydroxyl groups excluding tert-OH is 1. The fourth-order valence-corrected chi connectivity index (χ4v) is 4.17. The summed E-state index contributed by atoms with van der Waals surface area (Å²) in [5.74, 6) is -0.671. The first-order chi connectivity index (χ1) is 12.7. The standard InChI is InChI=1S/C22H38O5/c1-4-5-14-22(2,3)20(25)13-12-17-16(18(23)15-19(17)24)10-8-6-7-9-11-21(26)27/h16-17,19,24H,4-15H2,1-3H3,(H,26,27)/t16-,17-,19-/m1/s1.